The molecular weight excluding hydrogens is 286 g/mol. The van der Waals surface area contributed by atoms with E-state index in [-0.39, 0.29) is 25.8 Å². The smallest absolute Gasteiger partial charge is 0.268 e. The first-order valence-electron chi connectivity index (χ1n) is 6.27. The Labute approximate surface area is 117 Å². The van der Waals surface area contributed by atoms with E-state index in [9.17, 15) is 22.8 Å². The number of ketones is 1. The van der Waals surface area contributed by atoms with Gasteiger partial charge in [-0.15, -0.1) is 0 Å². The lowest BCUT2D eigenvalue weighted by Crippen LogP contribution is -2.33. The fourth-order valence-corrected chi connectivity index (χ4v) is 2.85. The molecule has 8 heteroatoms. The van der Waals surface area contributed by atoms with E-state index in [0.29, 0.717) is 6.42 Å². The van der Waals surface area contributed by atoms with E-state index in [0.717, 1.165) is 17.1 Å². The summed E-state index contributed by atoms with van der Waals surface area (Å²) in [5, 5.41) is -1.12. The second-order valence-electron chi connectivity index (χ2n) is 4.58. The summed E-state index contributed by atoms with van der Waals surface area (Å²) in [4.78, 5) is 35.1. The third-order valence-electron chi connectivity index (χ3n) is 3.00. The number of rotatable bonds is 8. The molecule has 0 aliphatic carbocycles. The molecule has 20 heavy (non-hydrogen) atoms. The predicted molar refractivity (Wildman–Crippen MR) is 70.3 cm³/mol. The number of carbonyl (C=O) groups excluding carboxylic acids is 3. The quantitative estimate of drug-likeness (QED) is 0.511. The van der Waals surface area contributed by atoms with Crippen LogP contribution in [0.4, 0.5) is 0 Å². The summed E-state index contributed by atoms with van der Waals surface area (Å²) in [6.45, 7) is 1.67. The summed E-state index contributed by atoms with van der Waals surface area (Å²) in [6, 6.07) is 0. The minimum absolute atomic E-state index is 0.0756. The van der Waals surface area contributed by atoms with E-state index in [1.807, 2.05) is 0 Å². The fourth-order valence-electron chi connectivity index (χ4n) is 1.92. The summed E-state index contributed by atoms with van der Waals surface area (Å²) in [5.74, 6) is -1.38. The zero-order chi connectivity index (χ0) is 15.3. The maximum absolute atomic E-state index is 11.7. The van der Waals surface area contributed by atoms with Crippen molar-refractivity contribution in [1.29, 1.82) is 0 Å². The topological polar surface area (TPSA) is 109 Å². The zero-order valence-electron chi connectivity index (χ0n) is 11.1. The van der Waals surface area contributed by atoms with Crippen molar-refractivity contribution in [2.75, 3.05) is 6.54 Å². The molecule has 0 aromatic carbocycles. The third kappa shape index (κ3) is 4.53. The summed E-state index contributed by atoms with van der Waals surface area (Å²) < 4.78 is 31.2. The van der Waals surface area contributed by atoms with Crippen LogP contribution in [0.5, 0.6) is 0 Å². The molecule has 0 aromatic rings. The molecule has 1 N–H and O–H groups in total. The maximum atomic E-state index is 11.7. The average Bonchev–Trinajstić information content (AvgIpc) is 2.65. The molecule has 1 rings (SSSR count). The first-order valence-corrected chi connectivity index (χ1v) is 7.77. The lowest BCUT2D eigenvalue weighted by atomic mass is 10.1. The van der Waals surface area contributed by atoms with Crippen LogP contribution in [0.25, 0.3) is 0 Å². The lowest BCUT2D eigenvalue weighted by molar-refractivity contribution is -0.137. The Hall–Kier alpha value is -1.54. The molecule has 0 radical (unpaired) electrons. The Morgan fingerprint density at radius 1 is 1.30 bits per heavy atom. The molecule has 0 spiro atoms. The van der Waals surface area contributed by atoms with Crippen LogP contribution in [0.15, 0.2) is 12.2 Å². The molecule has 112 valence electrons. The monoisotopic (exact) mass is 303 g/mol. The van der Waals surface area contributed by atoms with Gasteiger partial charge < -0.3 is 0 Å². The van der Waals surface area contributed by atoms with Gasteiger partial charge in [-0.1, -0.05) is 13.3 Å². The third-order valence-corrected chi connectivity index (χ3v) is 4.25. The van der Waals surface area contributed by atoms with Gasteiger partial charge in [0.05, 0.1) is 5.25 Å². The van der Waals surface area contributed by atoms with Gasteiger partial charge in [0.1, 0.15) is 5.78 Å². The summed E-state index contributed by atoms with van der Waals surface area (Å²) >= 11 is 0. The van der Waals surface area contributed by atoms with Crippen LogP contribution in [0.1, 0.15) is 32.6 Å². The van der Waals surface area contributed by atoms with Gasteiger partial charge in [0.25, 0.3) is 21.9 Å². The highest BCUT2D eigenvalue weighted by molar-refractivity contribution is 7.86. The Bertz CT molecular complexity index is 518. The van der Waals surface area contributed by atoms with Gasteiger partial charge in [0, 0.05) is 31.5 Å². The van der Waals surface area contributed by atoms with Crippen molar-refractivity contribution in [2.24, 2.45) is 0 Å². The number of hydrogen-bond acceptors (Lipinski definition) is 5. The molecule has 2 amide bonds. The van der Waals surface area contributed by atoms with Crippen LogP contribution in [0.2, 0.25) is 0 Å². The largest absolute Gasteiger partial charge is 0.300 e. The fraction of sp³-hybridized carbons (Fsp3) is 0.583. The molecule has 0 saturated carbocycles. The Kier molecular flexibility index (Phi) is 5.58. The molecule has 1 aliphatic rings. The molecule has 0 aromatic heterocycles. The number of Topliss-reactive ketones (excluding diaryl/α,β-unsaturated/α-hetero) is 1. The number of carbonyl (C=O) groups is 3. The zero-order valence-corrected chi connectivity index (χ0v) is 11.9. The number of nitrogens with zero attached hydrogens (tertiary/aromatic N) is 1. The van der Waals surface area contributed by atoms with Crippen LogP contribution >= 0.6 is 0 Å². The summed E-state index contributed by atoms with van der Waals surface area (Å²) in [6.07, 6.45) is 2.51. The molecule has 1 atom stereocenters. The minimum Gasteiger partial charge on any atom is -0.300 e. The second kappa shape index (κ2) is 6.76. The van der Waals surface area contributed by atoms with Crippen LogP contribution in [0.3, 0.4) is 0 Å². The van der Waals surface area contributed by atoms with Crippen LogP contribution in [-0.2, 0) is 24.5 Å². The Morgan fingerprint density at radius 2 is 1.85 bits per heavy atom. The minimum atomic E-state index is -4.26. The molecule has 1 unspecified atom stereocenters. The van der Waals surface area contributed by atoms with Crippen molar-refractivity contribution < 1.29 is 27.4 Å². The highest BCUT2D eigenvalue weighted by Crippen LogP contribution is 2.14. The maximum Gasteiger partial charge on any atom is 0.268 e. The van der Waals surface area contributed by atoms with Crippen LogP contribution in [-0.4, -0.2) is 47.3 Å². The van der Waals surface area contributed by atoms with Crippen molar-refractivity contribution in [1.82, 2.24) is 4.90 Å². The van der Waals surface area contributed by atoms with Crippen molar-refractivity contribution >= 4 is 27.7 Å². The summed E-state index contributed by atoms with van der Waals surface area (Å²) in [5.41, 5.74) is 0. The molecule has 7 nitrogen and oxygen atoms in total. The molecular formula is C12H17NO6S. The van der Waals surface area contributed by atoms with Gasteiger partial charge in [-0.05, 0) is 6.42 Å². The van der Waals surface area contributed by atoms with Crippen LogP contribution in [0, 0.1) is 0 Å². The van der Waals surface area contributed by atoms with E-state index in [1.54, 1.807) is 6.92 Å². The predicted octanol–water partition coefficient (Wildman–Crippen LogP) is 0.317. The molecule has 1 heterocycles. The number of imide groups is 1. The van der Waals surface area contributed by atoms with Crippen molar-refractivity contribution in [2.45, 2.75) is 37.9 Å². The van der Waals surface area contributed by atoms with Crippen LogP contribution < -0.4 is 0 Å². The van der Waals surface area contributed by atoms with Gasteiger partial charge >= 0.3 is 0 Å². The van der Waals surface area contributed by atoms with Gasteiger partial charge in [-0.2, -0.15) is 8.42 Å². The number of hydrogen-bond donors (Lipinski definition) is 1. The first kappa shape index (κ1) is 16.5. The molecule has 1 aliphatic heterocycles. The van der Waals surface area contributed by atoms with E-state index in [1.165, 1.54) is 0 Å². The Balaban J connectivity index is 2.51. The second-order valence-corrected chi connectivity index (χ2v) is 6.28. The molecule has 0 saturated heterocycles. The highest BCUT2D eigenvalue weighted by Gasteiger charge is 2.27. The lowest BCUT2D eigenvalue weighted by Gasteiger charge is -2.15. The Morgan fingerprint density at radius 3 is 2.30 bits per heavy atom. The first-order chi connectivity index (χ1) is 9.25. The van der Waals surface area contributed by atoms with E-state index < -0.39 is 33.0 Å². The highest BCUT2D eigenvalue weighted by atomic mass is 32.2. The standard InChI is InChI=1S/C12H17NO6S/c1-2-3-10(20(17,18)19)8-9(14)6-7-13-11(15)4-5-12(13)16/h4-5,10H,2-3,6-8H2,1H3,(H,17,18,19). The van der Waals surface area contributed by atoms with Gasteiger partial charge in [0.15, 0.2) is 0 Å². The van der Waals surface area contributed by atoms with Gasteiger partial charge in [0.2, 0.25) is 0 Å². The SMILES string of the molecule is CCCC(CC(=O)CCN1C(=O)C=CC1=O)S(=O)(=O)O. The van der Waals surface area contributed by atoms with Crippen molar-refractivity contribution in [3.05, 3.63) is 12.2 Å². The van der Waals surface area contributed by atoms with E-state index in [2.05, 4.69) is 0 Å². The van der Waals surface area contributed by atoms with E-state index >= 15 is 0 Å². The van der Waals surface area contributed by atoms with E-state index in [4.69, 9.17) is 4.55 Å². The van der Waals surface area contributed by atoms with Crippen molar-refractivity contribution in [3.8, 4) is 0 Å². The van der Waals surface area contributed by atoms with Crippen molar-refractivity contribution in [3.63, 3.8) is 0 Å². The molecule has 0 fully saturated rings. The summed E-state index contributed by atoms with van der Waals surface area (Å²) in [7, 11) is -4.26. The average molecular weight is 303 g/mol. The van der Waals surface area contributed by atoms with Gasteiger partial charge in [-0.25, -0.2) is 0 Å². The normalized spacial score (nSPS) is 16.8. The molecule has 0 bridgehead atoms. The van der Waals surface area contributed by atoms with Gasteiger partial charge in [-0.3, -0.25) is 23.8 Å². The number of amides is 2.